The van der Waals surface area contributed by atoms with Crippen molar-refractivity contribution < 1.29 is 9.13 Å². The first-order valence-electron chi connectivity index (χ1n) is 6.23. The summed E-state index contributed by atoms with van der Waals surface area (Å²) in [6, 6.07) is 5.14. The highest BCUT2D eigenvalue weighted by molar-refractivity contribution is 5.47. The van der Waals surface area contributed by atoms with E-state index >= 15 is 0 Å². The van der Waals surface area contributed by atoms with Crippen LogP contribution >= 0.6 is 0 Å². The first kappa shape index (κ1) is 13.4. The lowest BCUT2D eigenvalue weighted by Gasteiger charge is -2.09. The van der Waals surface area contributed by atoms with Crippen LogP contribution < -0.4 is 10.1 Å². The summed E-state index contributed by atoms with van der Waals surface area (Å²) in [5.74, 6) is -0.0550. The minimum absolute atomic E-state index is 0.265. The zero-order chi connectivity index (χ0) is 13.8. The predicted molar refractivity (Wildman–Crippen MR) is 72.9 cm³/mol. The molecule has 102 valence electrons. The molecule has 1 aromatic heterocycles. The number of ether oxygens (including phenoxy) is 1. The summed E-state index contributed by atoms with van der Waals surface area (Å²) in [7, 11) is 3.34. The van der Waals surface area contributed by atoms with Gasteiger partial charge in [-0.05, 0) is 12.5 Å². The number of rotatable bonds is 5. The number of aromatic nitrogens is 2. The Labute approximate surface area is 112 Å². The van der Waals surface area contributed by atoms with E-state index in [0.29, 0.717) is 12.1 Å². The maximum Gasteiger partial charge on any atom is 0.170 e. The van der Waals surface area contributed by atoms with E-state index in [9.17, 15) is 4.39 Å². The van der Waals surface area contributed by atoms with Crippen molar-refractivity contribution in [2.75, 3.05) is 12.4 Å². The molecule has 0 aliphatic carbocycles. The highest BCUT2D eigenvalue weighted by atomic mass is 19.1. The van der Waals surface area contributed by atoms with E-state index in [0.717, 1.165) is 17.8 Å². The molecule has 0 aliphatic heterocycles. The fraction of sp³-hybridized carbons (Fsp3) is 0.357. The number of nitrogens with zero attached hydrogens (tertiary/aromatic N) is 2. The molecule has 0 unspecified atom stereocenters. The molecule has 0 fully saturated rings. The third kappa shape index (κ3) is 2.86. The monoisotopic (exact) mass is 263 g/mol. The van der Waals surface area contributed by atoms with Crippen LogP contribution in [0.1, 0.15) is 18.2 Å². The Kier molecular flexibility index (Phi) is 4.04. The molecule has 0 aliphatic rings. The van der Waals surface area contributed by atoms with Crippen LogP contribution in [0.15, 0.2) is 24.4 Å². The zero-order valence-corrected chi connectivity index (χ0v) is 11.4. The van der Waals surface area contributed by atoms with E-state index in [1.807, 2.05) is 20.2 Å². The van der Waals surface area contributed by atoms with Gasteiger partial charge in [-0.2, -0.15) is 5.10 Å². The number of nitrogens with one attached hydrogen (secondary N) is 1. The Hall–Kier alpha value is -2.04. The molecular weight excluding hydrogens is 245 g/mol. The molecule has 5 heteroatoms. The van der Waals surface area contributed by atoms with Crippen molar-refractivity contribution in [1.29, 1.82) is 0 Å². The SMILES string of the molecule is CCc1nn(C)cc1NCc1cccc(OC)c1F. The molecule has 1 heterocycles. The van der Waals surface area contributed by atoms with Crippen LogP contribution in [0.5, 0.6) is 5.75 Å². The number of hydrogen-bond acceptors (Lipinski definition) is 3. The van der Waals surface area contributed by atoms with Crippen LogP contribution in [-0.4, -0.2) is 16.9 Å². The minimum atomic E-state index is -0.320. The second-order valence-corrected chi connectivity index (χ2v) is 4.30. The minimum Gasteiger partial charge on any atom is -0.494 e. The van der Waals surface area contributed by atoms with E-state index in [2.05, 4.69) is 10.4 Å². The topological polar surface area (TPSA) is 39.1 Å². The lowest BCUT2D eigenvalue weighted by atomic mass is 10.2. The fourth-order valence-electron chi connectivity index (χ4n) is 1.98. The van der Waals surface area contributed by atoms with Crippen molar-refractivity contribution >= 4 is 5.69 Å². The smallest absolute Gasteiger partial charge is 0.170 e. The van der Waals surface area contributed by atoms with Crippen LogP contribution in [0.4, 0.5) is 10.1 Å². The molecule has 1 N–H and O–H groups in total. The number of halogens is 1. The van der Waals surface area contributed by atoms with Gasteiger partial charge in [0.2, 0.25) is 0 Å². The zero-order valence-electron chi connectivity index (χ0n) is 11.4. The van der Waals surface area contributed by atoms with E-state index in [1.165, 1.54) is 7.11 Å². The second kappa shape index (κ2) is 5.73. The van der Waals surface area contributed by atoms with Gasteiger partial charge in [-0.25, -0.2) is 4.39 Å². The van der Waals surface area contributed by atoms with Crippen molar-refractivity contribution in [3.8, 4) is 5.75 Å². The third-order valence-electron chi connectivity index (χ3n) is 2.97. The maximum atomic E-state index is 14.0. The summed E-state index contributed by atoms with van der Waals surface area (Å²) >= 11 is 0. The average molecular weight is 263 g/mol. The van der Waals surface area contributed by atoms with Gasteiger partial charge in [0.15, 0.2) is 11.6 Å². The van der Waals surface area contributed by atoms with Gasteiger partial charge in [0.05, 0.1) is 18.5 Å². The molecule has 0 bridgehead atoms. The third-order valence-corrected chi connectivity index (χ3v) is 2.97. The lowest BCUT2D eigenvalue weighted by molar-refractivity contribution is 0.384. The molecule has 0 amide bonds. The molecule has 0 radical (unpaired) electrons. The van der Waals surface area contributed by atoms with Gasteiger partial charge in [-0.1, -0.05) is 19.1 Å². The molecule has 19 heavy (non-hydrogen) atoms. The summed E-state index contributed by atoms with van der Waals surface area (Å²) in [5.41, 5.74) is 2.49. The first-order valence-corrected chi connectivity index (χ1v) is 6.23. The molecule has 0 spiro atoms. The van der Waals surface area contributed by atoms with E-state index < -0.39 is 0 Å². The predicted octanol–water partition coefficient (Wildman–Crippen LogP) is 2.74. The first-order chi connectivity index (χ1) is 9.15. The van der Waals surface area contributed by atoms with Crippen molar-refractivity contribution in [1.82, 2.24) is 9.78 Å². The van der Waals surface area contributed by atoms with Crippen LogP contribution in [-0.2, 0) is 20.0 Å². The summed E-state index contributed by atoms with van der Waals surface area (Å²) in [6.45, 7) is 2.45. The van der Waals surface area contributed by atoms with Gasteiger partial charge in [-0.3, -0.25) is 4.68 Å². The number of hydrogen-bond donors (Lipinski definition) is 1. The van der Waals surface area contributed by atoms with Gasteiger partial charge in [-0.15, -0.1) is 0 Å². The second-order valence-electron chi connectivity index (χ2n) is 4.30. The van der Waals surface area contributed by atoms with Crippen LogP contribution in [0.3, 0.4) is 0 Å². The van der Waals surface area contributed by atoms with Gasteiger partial charge < -0.3 is 10.1 Å². The maximum absolute atomic E-state index is 14.0. The van der Waals surface area contributed by atoms with Crippen molar-refractivity contribution in [2.45, 2.75) is 19.9 Å². The number of benzene rings is 1. The standard InChI is InChI=1S/C14H18FN3O/c1-4-11-12(9-18(2)17-11)16-8-10-6-5-7-13(19-3)14(10)15/h5-7,9,16H,4,8H2,1-3H3. The summed E-state index contributed by atoms with van der Waals surface area (Å²) in [5, 5.41) is 7.55. The molecule has 0 saturated heterocycles. The molecule has 4 nitrogen and oxygen atoms in total. The van der Waals surface area contributed by atoms with Crippen LogP contribution in [0.2, 0.25) is 0 Å². The van der Waals surface area contributed by atoms with Crippen LogP contribution in [0.25, 0.3) is 0 Å². The molecule has 0 atom stereocenters. The Morgan fingerprint density at radius 1 is 1.42 bits per heavy atom. The van der Waals surface area contributed by atoms with Gasteiger partial charge in [0.25, 0.3) is 0 Å². The number of methoxy groups -OCH3 is 1. The van der Waals surface area contributed by atoms with Crippen molar-refractivity contribution in [2.24, 2.45) is 7.05 Å². The molecular formula is C14H18FN3O. The molecule has 2 aromatic rings. The Bertz CT molecular complexity index is 566. The summed E-state index contributed by atoms with van der Waals surface area (Å²) < 4.78 is 20.7. The van der Waals surface area contributed by atoms with Gasteiger partial charge >= 0.3 is 0 Å². The average Bonchev–Trinajstić information content (AvgIpc) is 2.78. The lowest BCUT2D eigenvalue weighted by Crippen LogP contribution is -2.04. The molecule has 2 rings (SSSR count). The van der Waals surface area contributed by atoms with E-state index in [-0.39, 0.29) is 11.6 Å². The number of anilines is 1. The van der Waals surface area contributed by atoms with Gasteiger partial charge in [0, 0.05) is 25.4 Å². The Morgan fingerprint density at radius 2 is 2.21 bits per heavy atom. The molecule has 0 saturated carbocycles. The van der Waals surface area contributed by atoms with E-state index in [1.54, 1.807) is 22.9 Å². The van der Waals surface area contributed by atoms with Crippen molar-refractivity contribution in [3.63, 3.8) is 0 Å². The summed E-state index contributed by atoms with van der Waals surface area (Å²) in [6.07, 6.45) is 2.74. The van der Waals surface area contributed by atoms with Crippen molar-refractivity contribution in [3.05, 3.63) is 41.5 Å². The normalized spacial score (nSPS) is 10.5. The quantitative estimate of drug-likeness (QED) is 0.901. The van der Waals surface area contributed by atoms with E-state index in [4.69, 9.17) is 4.74 Å². The largest absolute Gasteiger partial charge is 0.494 e. The Balaban J connectivity index is 2.14. The highest BCUT2D eigenvalue weighted by Gasteiger charge is 2.10. The van der Waals surface area contributed by atoms with Crippen LogP contribution in [0, 0.1) is 5.82 Å². The fourth-order valence-corrected chi connectivity index (χ4v) is 1.98. The number of aryl methyl sites for hydroxylation is 2. The molecule has 1 aromatic carbocycles. The highest BCUT2D eigenvalue weighted by Crippen LogP contribution is 2.21. The summed E-state index contributed by atoms with van der Waals surface area (Å²) in [4.78, 5) is 0. The Morgan fingerprint density at radius 3 is 2.89 bits per heavy atom. The van der Waals surface area contributed by atoms with Gasteiger partial charge in [0.1, 0.15) is 0 Å².